The van der Waals surface area contributed by atoms with Gasteiger partial charge in [0.05, 0.1) is 21.2 Å². The van der Waals surface area contributed by atoms with Crippen molar-refractivity contribution in [1.29, 1.82) is 0 Å². The van der Waals surface area contributed by atoms with Gasteiger partial charge in [0.2, 0.25) is 6.41 Å². The molecule has 1 aliphatic rings. The van der Waals surface area contributed by atoms with E-state index in [1.54, 1.807) is 48.5 Å². The van der Waals surface area contributed by atoms with Crippen LogP contribution in [0.4, 0.5) is 11.4 Å². The molecule has 0 aliphatic carbocycles. The summed E-state index contributed by atoms with van der Waals surface area (Å²) in [5.74, 6) is 0. The smallest absolute Gasteiger partial charge is 0.218 e. The van der Waals surface area contributed by atoms with E-state index in [9.17, 15) is 13.9 Å². The SMILES string of the molecule is O=CN1c2ccccc2S(O)(O)c2ccccc21. The van der Waals surface area contributed by atoms with Gasteiger partial charge < -0.3 is 0 Å². The fourth-order valence-electron chi connectivity index (χ4n) is 2.16. The van der Waals surface area contributed by atoms with E-state index in [0.29, 0.717) is 27.6 Å². The highest BCUT2D eigenvalue weighted by molar-refractivity contribution is 8.24. The molecule has 1 heterocycles. The summed E-state index contributed by atoms with van der Waals surface area (Å²) in [6.45, 7) is 0. The summed E-state index contributed by atoms with van der Waals surface area (Å²) < 4.78 is 20.8. The number of amides is 1. The molecule has 0 saturated carbocycles. The maximum Gasteiger partial charge on any atom is 0.218 e. The first-order valence-corrected chi connectivity index (χ1v) is 6.92. The fraction of sp³-hybridized carbons (Fsp3) is 0. The largest absolute Gasteiger partial charge is 0.290 e. The van der Waals surface area contributed by atoms with Crippen LogP contribution in [0.15, 0.2) is 58.3 Å². The molecule has 4 nitrogen and oxygen atoms in total. The van der Waals surface area contributed by atoms with E-state index in [1.165, 1.54) is 4.90 Å². The number of benzene rings is 2. The van der Waals surface area contributed by atoms with Gasteiger partial charge in [-0.2, -0.15) is 0 Å². The number of para-hydroxylation sites is 2. The molecule has 2 aromatic carbocycles. The molecule has 0 fully saturated rings. The molecule has 0 unspecified atom stereocenters. The van der Waals surface area contributed by atoms with Crippen LogP contribution in [0.5, 0.6) is 0 Å². The predicted octanol–water partition coefficient (Wildman–Crippen LogP) is 3.46. The average molecular weight is 261 g/mol. The number of nitrogens with zero attached hydrogens (tertiary/aromatic N) is 1. The zero-order chi connectivity index (χ0) is 12.8. The van der Waals surface area contributed by atoms with Gasteiger partial charge in [0.25, 0.3) is 0 Å². The first-order valence-electron chi connectivity index (χ1n) is 5.37. The summed E-state index contributed by atoms with van der Waals surface area (Å²) in [7, 11) is -3.04. The third kappa shape index (κ3) is 1.38. The van der Waals surface area contributed by atoms with Gasteiger partial charge >= 0.3 is 0 Å². The molecule has 92 valence electrons. The maximum atomic E-state index is 11.3. The van der Waals surface area contributed by atoms with E-state index >= 15 is 0 Å². The third-order valence-electron chi connectivity index (χ3n) is 2.97. The summed E-state index contributed by atoms with van der Waals surface area (Å²) in [6.07, 6.45) is 0.687. The van der Waals surface area contributed by atoms with Crippen molar-refractivity contribution in [3.8, 4) is 0 Å². The Kier molecular flexibility index (Phi) is 2.41. The van der Waals surface area contributed by atoms with Crippen molar-refractivity contribution < 1.29 is 13.9 Å². The predicted molar refractivity (Wildman–Crippen MR) is 70.5 cm³/mol. The van der Waals surface area contributed by atoms with Gasteiger partial charge in [-0.1, -0.05) is 24.3 Å². The van der Waals surface area contributed by atoms with E-state index in [4.69, 9.17) is 0 Å². The van der Waals surface area contributed by atoms with Gasteiger partial charge in [0, 0.05) is 0 Å². The molecular formula is C13H11NO3S. The van der Waals surface area contributed by atoms with Gasteiger partial charge in [0.1, 0.15) is 0 Å². The number of fused-ring (bicyclic) bond motifs is 2. The van der Waals surface area contributed by atoms with Gasteiger partial charge in [-0.3, -0.25) is 18.8 Å². The maximum absolute atomic E-state index is 11.3. The van der Waals surface area contributed by atoms with Crippen LogP contribution in [0.1, 0.15) is 0 Å². The first-order chi connectivity index (χ1) is 8.66. The number of carbonyl (C=O) groups excluding carboxylic acids is 1. The standard InChI is InChI=1S/C13H11NO3S/c15-9-14-10-5-1-3-7-12(10)18(16,17)13-8-4-2-6-11(13)14/h1-9,16-17H. The number of rotatable bonds is 1. The highest BCUT2D eigenvalue weighted by atomic mass is 32.3. The van der Waals surface area contributed by atoms with Gasteiger partial charge in [-0.15, -0.1) is 10.6 Å². The lowest BCUT2D eigenvalue weighted by Gasteiger charge is -2.42. The molecule has 1 amide bonds. The van der Waals surface area contributed by atoms with Crippen molar-refractivity contribution in [2.24, 2.45) is 0 Å². The molecule has 2 N–H and O–H groups in total. The van der Waals surface area contributed by atoms with Crippen LogP contribution in [0.25, 0.3) is 0 Å². The average Bonchev–Trinajstić information content (AvgIpc) is 2.40. The number of anilines is 2. The summed E-state index contributed by atoms with van der Waals surface area (Å²) in [5.41, 5.74) is 1.04. The third-order valence-corrected chi connectivity index (χ3v) is 4.89. The van der Waals surface area contributed by atoms with Crippen molar-refractivity contribution in [3.05, 3.63) is 48.5 Å². The van der Waals surface area contributed by atoms with Crippen molar-refractivity contribution in [2.45, 2.75) is 9.79 Å². The van der Waals surface area contributed by atoms with E-state index in [1.807, 2.05) is 0 Å². The van der Waals surface area contributed by atoms with E-state index in [0.717, 1.165) is 0 Å². The van der Waals surface area contributed by atoms with Crippen LogP contribution < -0.4 is 4.90 Å². The Morgan fingerprint density at radius 2 is 1.33 bits per heavy atom. The van der Waals surface area contributed by atoms with Crippen LogP contribution in [0.3, 0.4) is 0 Å². The summed E-state index contributed by atoms with van der Waals surface area (Å²) in [5, 5.41) is 0. The Balaban J connectivity index is 2.36. The molecule has 0 bridgehead atoms. The fourth-order valence-corrected chi connectivity index (χ4v) is 3.85. The zero-order valence-electron chi connectivity index (χ0n) is 9.35. The molecule has 0 atom stereocenters. The quantitative estimate of drug-likeness (QED) is 0.773. The monoisotopic (exact) mass is 261 g/mol. The van der Waals surface area contributed by atoms with Crippen molar-refractivity contribution in [2.75, 3.05) is 4.90 Å². The lowest BCUT2D eigenvalue weighted by atomic mass is 10.2. The Labute approximate surface area is 106 Å². The van der Waals surface area contributed by atoms with Crippen molar-refractivity contribution >= 4 is 28.4 Å². The van der Waals surface area contributed by atoms with Gasteiger partial charge in [-0.25, -0.2) is 0 Å². The Bertz CT molecular complexity index is 578. The topological polar surface area (TPSA) is 60.8 Å². The number of carbonyl (C=O) groups is 1. The van der Waals surface area contributed by atoms with Gasteiger partial charge in [-0.05, 0) is 24.3 Å². The lowest BCUT2D eigenvalue weighted by molar-refractivity contribution is -0.106. The Hall–Kier alpha value is -1.82. The Morgan fingerprint density at radius 1 is 0.889 bits per heavy atom. The van der Waals surface area contributed by atoms with E-state index in [2.05, 4.69) is 0 Å². The number of hydrogen-bond donors (Lipinski definition) is 2. The normalized spacial score (nSPS) is 17.6. The highest BCUT2D eigenvalue weighted by Crippen LogP contribution is 2.65. The van der Waals surface area contributed by atoms with Crippen molar-refractivity contribution in [1.82, 2.24) is 0 Å². The molecule has 0 aromatic heterocycles. The molecule has 0 saturated heterocycles. The molecule has 5 heteroatoms. The molecule has 0 spiro atoms. The lowest BCUT2D eigenvalue weighted by Crippen LogP contribution is -2.22. The van der Waals surface area contributed by atoms with Gasteiger partial charge in [0.15, 0.2) is 0 Å². The van der Waals surface area contributed by atoms with E-state index < -0.39 is 10.6 Å². The number of hydrogen-bond acceptors (Lipinski definition) is 3. The molecule has 2 aromatic rings. The summed E-state index contributed by atoms with van der Waals surface area (Å²) in [6, 6.07) is 13.7. The van der Waals surface area contributed by atoms with Crippen LogP contribution in [-0.2, 0) is 4.79 Å². The second-order valence-corrected chi connectivity index (χ2v) is 5.94. The zero-order valence-corrected chi connectivity index (χ0v) is 10.2. The van der Waals surface area contributed by atoms with Crippen LogP contribution in [0, 0.1) is 0 Å². The van der Waals surface area contributed by atoms with Crippen LogP contribution in [0.2, 0.25) is 0 Å². The molecule has 0 radical (unpaired) electrons. The second-order valence-electron chi connectivity index (χ2n) is 3.96. The van der Waals surface area contributed by atoms with E-state index in [-0.39, 0.29) is 0 Å². The minimum Gasteiger partial charge on any atom is -0.290 e. The molecule has 1 aliphatic heterocycles. The molecule has 3 rings (SSSR count). The van der Waals surface area contributed by atoms with Crippen LogP contribution in [-0.4, -0.2) is 15.5 Å². The second kappa shape index (κ2) is 3.84. The molecular weight excluding hydrogens is 250 g/mol. The highest BCUT2D eigenvalue weighted by Gasteiger charge is 2.33. The minimum atomic E-state index is -3.04. The van der Waals surface area contributed by atoms with Crippen LogP contribution >= 0.6 is 10.6 Å². The minimum absolute atomic E-state index is 0.385. The van der Waals surface area contributed by atoms with Crippen molar-refractivity contribution in [3.63, 3.8) is 0 Å². The summed E-state index contributed by atoms with van der Waals surface area (Å²) in [4.78, 5) is 13.5. The molecule has 18 heavy (non-hydrogen) atoms. The first kappa shape index (κ1) is 11.3. The Morgan fingerprint density at radius 3 is 1.78 bits per heavy atom. The summed E-state index contributed by atoms with van der Waals surface area (Å²) >= 11 is 0.